The van der Waals surface area contributed by atoms with E-state index in [-0.39, 0.29) is 74.1 Å². The van der Waals surface area contributed by atoms with Gasteiger partial charge >= 0.3 is 28.5 Å². The third-order valence-corrected chi connectivity index (χ3v) is 15.3. The molecular formula is C82H151ClMnN12O18. The van der Waals surface area contributed by atoms with E-state index in [1.54, 1.807) is 13.8 Å². The zero-order valence-corrected chi connectivity index (χ0v) is 71.7. The van der Waals surface area contributed by atoms with Gasteiger partial charge in [-0.05, 0) is 178 Å². The molecule has 0 aromatic carbocycles. The Bertz CT molecular complexity index is 3170. The van der Waals surface area contributed by atoms with Crippen LogP contribution >= 0.6 is 12.4 Å². The number of aliphatic hydroxyl groups is 6. The van der Waals surface area contributed by atoms with E-state index >= 15 is 0 Å². The molecule has 0 radical (unpaired) electrons. The molecule has 10 atom stereocenters. The molecule has 8 fully saturated rings. The van der Waals surface area contributed by atoms with Crippen LogP contribution in [-0.4, -0.2) is 194 Å². The molecule has 114 heavy (non-hydrogen) atoms. The molecule has 7 saturated carbocycles. The summed E-state index contributed by atoms with van der Waals surface area (Å²) in [6, 6.07) is -1.29. The Labute approximate surface area is 706 Å². The number of rotatable bonds is 39. The van der Waals surface area contributed by atoms with Crippen LogP contribution in [0.1, 0.15) is 307 Å². The van der Waals surface area contributed by atoms with E-state index in [9.17, 15) is 58.8 Å². The van der Waals surface area contributed by atoms with Gasteiger partial charge in [-0.3, -0.25) is 33.6 Å². The standard InChI is InChI=1S/C10H19NO2.C9H16N4O2.2C9H18N2O2.C9H15NO2.C9H15NO.C6H10O2.C6H12O.2C6H10O.C3H7N.ClH.Mn.2O/c1-3-4-7(2)9(12)10(13)11-8-5-6-8;1-2-3-7(12-13-10)8(14)9(15)11-6-4-5-6;2*1-2-3-7(10)8(12)9(13)11-6-4-5-6;1-2-3-7-8(12-7)9(11)10-6-4-5-6;1-2-3-4-5-9(11)10-8-6-7-8;1-2-3-4-5-6(7)8;3*1-2-3-4-5-6-7;4-3-1-2-3;;;;/h7-9,12H,3-6H2,1-2H3,(H,11,13);6-8,14H,2-5H2,1H3,(H,11,15);2*6-8,12H,2-5,10H2,1H3,(H,11,13);6-8H,2-5H2,1H3,(H,10,11);4-5,8H,2-3,6-7H2,1H3,(H,10,11);4-5H,2-3H2,1H3,(H,7,8);4-5,7H,2-3,6H2,1H3;7H,2-3,6H2,1H3;4-6H,2-3H2,1H3;3H,1-2,4H2;1H;;;/b;;;;;3*5-4+;;5-4+;;;;;/t7-,9-;;7-,8-;;;;;;;;;;;;/m0.0............/s1/i5*7D;3*4D;;4D;;;;;. The normalized spacial score (nSPS) is 21.4. The van der Waals surface area contributed by atoms with Crippen LogP contribution in [0.2, 0.25) is 0 Å². The number of nitrogens with zero attached hydrogens (tertiary/aromatic N) is 3. The van der Waals surface area contributed by atoms with Crippen LogP contribution in [0.3, 0.4) is 0 Å². The number of epoxide rings is 1. The van der Waals surface area contributed by atoms with Crippen LogP contribution in [0.25, 0.3) is 10.4 Å². The molecule has 1 saturated heterocycles. The first-order chi connectivity index (χ1) is 57.3. The van der Waals surface area contributed by atoms with Crippen molar-refractivity contribution in [1.29, 1.82) is 0 Å². The van der Waals surface area contributed by atoms with Gasteiger partial charge < -0.3 is 89.6 Å². The SMILES string of the molecule is CCCC#CCO.Cl.NC1CC1.[2H]/C(=C\C(=O)NC1CC1)CCC.[2H]/C(=C\C(=O)O)CCC.[2H]/C(=C\C=O)CCC.[2H]/C(=C\CO)CCC.[2H]C(CCC)(N=[N+]=[N-])C(O)C(=O)NC1CC1.[2H]C(N)(CCC)C(O)C(=O)NC1CC1.[2H]C1(CCC)OC1C(=O)NC1CC1.[2H][C@](C)(CCC)[C@H](O)C(=O)NC1CC1.[2H][C@](N)(CCC)[C@H](O)C(=O)NC1CC1.[O]=[Mn]=[O]. The van der Waals surface area contributed by atoms with Crippen LogP contribution < -0.4 is 49.1 Å². The number of aliphatic carboxylic acids is 1. The van der Waals surface area contributed by atoms with Crippen LogP contribution in [0.5, 0.6) is 0 Å². The number of nitrogens with two attached hydrogens (primary N) is 3. The van der Waals surface area contributed by atoms with Gasteiger partial charge in [-0.15, -0.1) is 18.3 Å². The minimum atomic E-state index is -1.80. The monoisotopic (exact) mass is 1690 g/mol. The van der Waals surface area contributed by atoms with Gasteiger partial charge in [0.1, 0.15) is 37.3 Å². The van der Waals surface area contributed by atoms with Gasteiger partial charge in [0, 0.05) is 77.2 Å². The topological polar surface area (TPSA) is 524 Å². The van der Waals surface area contributed by atoms with E-state index in [0.29, 0.717) is 107 Å². The zero-order chi connectivity index (χ0) is 94.3. The molecule has 8 rings (SSSR count). The summed E-state index contributed by atoms with van der Waals surface area (Å²) in [5, 5.41) is 82.4. The van der Waals surface area contributed by atoms with E-state index < -0.39 is 105 Å². The second kappa shape index (κ2) is 79.3. The summed E-state index contributed by atoms with van der Waals surface area (Å²) < 4.78 is 88.8. The molecule has 19 N–H and O–H groups in total. The molecular weight excluding hydrogens is 1530 g/mol. The number of aldehydes is 1. The average molecular weight is 1690 g/mol. The Balaban J connectivity index is -0.000000419. The number of carbonyl (C=O) groups excluding carboxylic acids is 7. The summed E-state index contributed by atoms with van der Waals surface area (Å²) >= 11 is -1.44. The minimum absolute atomic E-state index is 0. The molecule has 30 nitrogen and oxygen atoms in total. The number of carboxylic acids is 1. The molecule has 6 unspecified atom stereocenters. The fourth-order valence-corrected chi connectivity index (χ4v) is 7.97. The predicted molar refractivity (Wildman–Crippen MR) is 445 cm³/mol. The van der Waals surface area contributed by atoms with Crippen molar-refractivity contribution < 1.29 is 114 Å². The number of hydrogen-bond acceptors (Lipinski definition) is 21. The predicted octanol–water partition coefficient (Wildman–Crippen LogP) is 9.50. The van der Waals surface area contributed by atoms with E-state index in [1.165, 1.54) is 31.1 Å². The van der Waals surface area contributed by atoms with Crippen LogP contribution in [0.4, 0.5) is 0 Å². The third-order valence-electron chi connectivity index (χ3n) is 15.3. The molecule has 0 aromatic heterocycles. The Morgan fingerprint density at radius 3 is 1.28 bits per heavy atom. The van der Waals surface area contributed by atoms with E-state index in [2.05, 4.69) is 60.7 Å². The second-order valence-corrected chi connectivity index (χ2v) is 27.7. The number of azide groups is 1. The zero-order valence-electron chi connectivity index (χ0n) is 78.8. The number of aliphatic hydroxyl groups excluding tert-OH is 6. The Morgan fingerprint density at radius 1 is 0.561 bits per heavy atom. The number of carboxylic acid groups (broad SMARTS) is 1. The molecule has 1 aliphatic heterocycles. The van der Waals surface area contributed by atoms with Gasteiger partial charge in [0.05, 0.1) is 25.6 Å². The Morgan fingerprint density at radius 2 is 0.939 bits per heavy atom. The summed E-state index contributed by atoms with van der Waals surface area (Å²) in [6.45, 7) is 21.0. The number of unbranched alkanes of at least 4 members (excludes halogenated alkanes) is 1. The average Bonchev–Trinajstić information content (AvgIpc) is 1.60. The van der Waals surface area contributed by atoms with Crippen LogP contribution in [-0.2, 0) is 65.6 Å². The molecule has 32 heteroatoms. The van der Waals surface area contributed by atoms with Crippen molar-refractivity contribution in [2.45, 2.75) is 391 Å². The van der Waals surface area contributed by atoms with E-state index in [1.807, 2.05) is 55.4 Å². The van der Waals surface area contributed by atoms with Crippen molar-refractivity contribution in [2.24, 2.45) is 28.2 Å². The van der Waals surface area contributed by atoms with Crippen molar-refractivity contribution in [3.63, 3.8) is 0 Å². The van der Waals surface area contributed by atoms with Crippen molar-refractivity contribution in [2.75, 3.05) is 13.2 Å². The first-order valence-electron chi connectivity index (χ1n) is 44.9. The number of carbonyl (C=O) groups is 8. The molecule has 8 aliphatic rings. The summed E-state index contributed by atoms with van der Waals surface area (Å²) in [5.41, 5.74) is 24.6. The maximum atomic E-state index is 11.5. The third kappa shape index (κ3) is 79.6. The summed E-state index contributed by atoms with van der Waals surface area (Å²) in [4.78, 5) is 90.2. The van der Waals surface area contributed by atoms with Crippen LogP contribution in [0.15, 0.2) is 53.6 Å². The van der Waals surface area contributed by atoms with Gasteiger partial charge in [0.2, 0.25) is 17.7 Å². The quantitative estimate of drug-likeness (QED) is 0.00313. The van der Waals surface area contributed by atoms with Crippen molar-refractivity contribution in [3.05, 3.63) is 59.0 Å². The summed E-state index contributed by atoms with van der Waals surface area (Å²) in [7, 11) is 0. The summed E-state index contributed by atoms with van der Waals surface area (Å²) in [5.74, 6) is 1.00. The van der Waals surface area contributed by atoms with Gasteiger partial charge in [0.25, 0.3) is 17.7 Å². The molecule has 6 amide bonds. The Kier molecular flexibility index (Phi) is 68.4. The molecule has 0 bridgehead atoms. The summed E-state index contributed by atoms with van der Waals surface area (Å²) in [6.07, 6.45) is 27.1. The molecule has 1 heterocycles. The first-order valence-corrected chi connectivity index (χ1v) is 41.3. The fraction of sp³-hybridized carbons (Fsp3) is 0.780. The molecule has 0 aromatic rings. The van der Waals surface area contributed by atoms with Gasteiger partial charge in [-0.1, -0.05) is 175 Å². The van der Waals surface area contributed by atoms with Gasteiger partial charge in [-0.25, -0.2) is 4.79 Å². The van der Waals surface area contributed by atoms with Crippen molar-refractivity contribution in [3.8, 4) is 11.8 Å². The number of hydrogen-bond donors (Lipinski definition) is 16. The second-order valence-electron chi connectivity index (χ2n) is 27.5. The van der Waals surface area contributed by atoms with Crippen LogP contribution in [0, 0.1) is 17.7 Å². The first kappa shape index (κ1) is 98.4. The fourth-order valence-electron chi connectivity index (χ4n) is 7.97. The number of halogens is 1. The maximum absolute atomic E-state index is 11.5. The number of nitrogens with one attached hydrogen (secondary N) is 6. The van der Waals surface area contributed by atoms with Crippen molar-refractivity contribution in [1.82, 2.24) is 31.9 Å². The molecule has 7 aliphatic carbocycles. The number of amides is 6. The molecule has 0 spiro atoms. The van der Waals surface area contributed by atoms with E-state index in [4.69, 9.17) is 62.8 Å². The van der Waals surface area contributed by atoms with E-state index in [0.717, 1.165) is 141 Å². The Hall–Kier alpha value is -6.20. The number of allylic oxidation sites excluding steroid dienone is 5. The van der Waals surface area contributed by atoms with Gasteiger partial charge in [-0.2, -0.15) is 0 Å². The van der Waals surface area contributed by atoms with Crippen molar-refractivity contribution >= 4 is 60.1 Å². The van der Waals surface area contributed by atoms with Gasteiger partial charge in [0.15, 0.2) is 6.10 Å². The molecule has 661 valence electrons. The number of ether oxygens (including phenoxy) is 1.